The Balaban J connectivity index is 1.82. The third-order valence-corrected chi connectivity index (χ3v) is 4.91. The van der Waals surface area contributed by atoms with E-state index in [9.17, 15) is 5.11 Å². The fourth-order valence-electron chi connectivity index (χ4n) is 3.22. The third-order valence-electron chi connectivity index (χ3n) is 4.58. The Labute approximate surface area is 163 Å². The summed E-state index contributed by atoms with van der Waals surface area (Å²) in [4.78, 5) is 4.96. The maximum atomic E-state index is 9.68. The normalized spacial score (nSPS) is 10.9. The van der Waals surface area contributed by atoms with Crippen molar-refractivity contribution in [3.05, 3.63) is 88.9 Å². The molecule has 1 aromatic heterocycles. The summed E-state index contributed by atoms with van der Waals surface area (Å²) in [7, 11) is 0. The number of aromatic nitrogens is 1. The van der Waals surface area contributed by atoms with Crippen LogP contribution in [-0.4, -0.2) is 10.1 Å². The standard InChI is InChI=1S/C23H19ClN2O/c1-15-6-4-7-16-12-17(14-25-18-8-5-9-19(27)13-18)23(26-22(15)16)20-10-2-3-11-21(20)24/h2-13,25,27H,14H2,1H3. The lowest BCUT2D eigenvalue weighted by Gasteiger charge is -2.15. The number of phenolic OH excluding ortho intramolecular Hbond substituents is 1. The molecule has 2 N–H and O–H groups in total. The molecule has 0 atom stereocenters. The topological polar surface area (TPSA) is 45.1 Å². The van der Waals surface area contributed by atoms with Crippen LogP contribution in [0.5, 0.6) is 5.75 Å². The molecule has 0 unspecified atom stereocenters. The number of rotatable bonds is 4. The van der Waals surface area contributed by atoms with E-state index in [1.165, 1.54) is 0 Å². The number of anilines is 1. The van der Waals surface area contributed by atoms with Crippen molar-refractivity contribution in [2.45, 2.75) is 13.5 Å². The molecule has 27 heavy (non-hydrogen) atoms. The van der Waals surface area contributed by atoms with Crippen molar-refractivity contribution in [2.24, 2.45) is 0 Å². The number of para-hydroxylation sites is 1. The smallest absolute Gasteiger partial charge is 0.117 e. The van der Waals surface area contributed by atoms with Crippen LogP contribution in [0.4, 0.5) is 5.69 Å². The lowest BCUT2D eigenvalue weighted by atomic mass is 10.0. The van der Waals surface area contributed by atoms with Crippen LogP contribution < -0.4 is 5.32 Å². The largest absolute Gasteiger partial charge is 0.508 e. The molecule has 0 aliphatic carbocycles. The summed E-state index contributed by atoms with van der Waals surface area (Å²) in [6.45, 7) is 2.64. The van der Waals surface area contributed by atoms with Gasteiger partial charge in [-0.25, -0.2) is 4.98 Å². The molecule has 3 nitrogen and oxygen atoms in total. The van der Waals surface area contributed by atoms with Crippen molar-refractivity contribution < 1.29 is 5.11 Å². The lowest BCUT2D eigenvalue weighted by Crippen LogP contribution is -2.03. The summed E-state index contributed by atoms with van der Waals surface area (Å²) in [5, 5.41) is 14.8. The molecule has 3 aromatic carbocycles. The van der Waals surface area contributed by atoms with Crippen molar-refractivity contribution in [3.63, 3.8) is 0 Å². The minimum absolute atomic E-state index is 0.235. The Morgan fingerprint density at radius 2 is 1.78 bits per heavy atom. The molecule has 0 bridgehead atoms. The highest BCUT2D eigenvalue weighted by Crippen LogP contribution is 2.32. The van der Waals surface area contributed by atoms with Crippen LogP contribution in [-0.2, 0) is 6.54 Å². The van der Waals surface area contributed by atoms with Crippen LogP contribution in [0.1, 0.15) is 11.1 Å². The van der Waals surface area contributed by atoms with E-state index in [-0.39, 0.29) is 5.75 Å². The first-order chi connectivity index (χ1) is 13.1. The first-order valence-electron chi connectivity index (χ1n) is 8.79. The number of aryl methyl sites for hydroxylation is 1. The van der Waals surface area contributed by atoms with Gasteiger partial charge >= 0.3 is 0 Å². The summed E-state index contributed by atoms with van der Waals surface area (Å²) in [5.74, 6) is 0.235. The van der Waals surface area contributed by atoms with Gasteiger partial charge < -0.3 is 10.4 Å². The molecule has 4 rings (SSSR count). The van der Waals surface area contributed by atoms with E-state index >= 15 is 0 Å². The van der Waals surface area contributed by atoms with Crippen molar-refractivity contribution in [3.8, 4) is 17.0 Å². The minimum Gasteiger partial charge on any atom is -0.508 e. The van der Waals surface area contributed by atoms with Gasteiger partial charge in [0.25, 0.3) is 0 Å². The van der Waals surface area contributed by atoms with Gasteiger partial charge in [-0.3, -0.25) is 0 Å². The average Bonchev–Trinajstić information content (AvgIpc) is 2.67. The summed E-state index contributed by atoms with van der Waals surface area (Å²) in [6.07, 6.45) is 0. The Bertz CT molecular complexity index is 1120. The Morgan fingerprint density at radius 1 is 0.963 bits per heavy atom. The van der Waals surface area contributed by atoms with Gasteiger partial charge in [-0.15, -0.1) is 0 Å². The fraction of sp³-hybridized carbons (Fsp3) is 0.0870. The fourth-order valence-corrected chi connectivity index (χ4v) is 3.45. The SMILES string of the molecule is Cc1cccc2cc(CNc3cccc(O)c3)c(-c3ccccc3Cl)nc12. The molecule has 0 spiro atoms. The molecule has 4 heteroatoms. The summed E-state index contributed by atoms with van der Waals surface area (Å²) >= 11 is 6.47. The number of pyridine rings is 1. The van der Waals surface area contributed by atoms with Gasteiger partial charge in [-0.2, -0.15) is 0 Å². The third kappa shape index (κ3) is 3.60. The number of halogens is 1. The zero-order valence-electron chi connectivity index (χ0n) is 14.9. The second-order valence-electron chi connectivity index (χ2n) is 6.53. The van der Waals surface area contributed by atoms with E-state index in [4.69, 9.17) is 16.6 Å². The van der Waals surface area contributed by atoms with E-state index in [1.54, 1.807) is 12.1 Å². The molecule has 0 aliphatic rings. The quantitative estimate of drug-likeness (QED) is 0.448. The lowest BCUT2D eigenvalue weighted by molar-refractivity contribution is 0.475. The zero-order chi connectivity index (χ0) is 18.8. The first kappa shape index (κ1) is 17.4. The highest BCUT2D eigenvalue weighted by atomic mass is 35.5. The van der Waals surface area contributed by atoms with Crippen molar-refractivity contribution in [2.75, 3.05) is 5.32 Å². The molecule has 0 fully saturated rings. The van der Waals surface area contributed by atoms with Gasteiger partial charge in [-0.1, -0.05) is 54.1 Å². The number of phenols is 1. The Morgan fingerprint density at radius 3 is 2.59 bits per heavy atom. The molecule has 0 amide bonds. The van der Waals surface area contributed by atoms with Crippen LogP contribution >= 0.6 is 11.6 Å². The zero-order valence-corrected chi connectivity index (χ0v) is 15.7. The molecule has 0 aliphatic heterocycles. The number of fused-ring (bicyclic) bond motifs is 1. The number of aromatic hydroxyl groups is 1. The van der Waals surface area contributed by atoms with Crippen LogP contribution in [0, 0.1) is 6.92 Å². The molecular weight excluding hydrogens is 356 g/mol. The van der Waals surface area contributed by atoms with Gasteiger partial charge in [0.05, 0.1) is 11.2 Å². The van der Waals surface area contributed by atoms with Gasteiger partial charge in [-0.05, 0) is 42.3 Å². The molecule has 0 saturated heterocycles. The van der Waals surface area contributed by atoms with E-state index in [2.05, 4.69) is 30.4 Å². The number of nitrogens with zero attached hydrogens (tertiary/aromatic N) is 1. The van der Waals surface area contributed by atoms with Crippen LogP contribution in [0.25, 0.3) is 22.2 Å². The number of hydrogen-bond acceptors (Lipinski definition) is 3. The van der Waals surface area contributed by atoms with Crippen molar-refractivity contribution in [1.82, 2.24) is 4.98 Å². The van der Waals surface area contributed by atoms with Crippen LogP contribution in [0.15, 0.2) is 72.8 Å². The molecule has 1 heterocycles. The van der Waals surface area contributed by atoms with Crippen molar-refractivity contribution >= 4 is 28.2 Å². The maximum Gasteiger partial charge on any atom is 0.117 e. The van der Waals surface area contributed by atoms with Crippen molar-refractivity contribution in [1.29, 1.82) is 0 Å². The monoisotopic (exact) mass is 374 g/mol. The minimum atomic E-state index is 0.235. The van der Waals surface area contributed by atoms with E-state index in [0.29, 0.717) is 11.6 Å². The molecule has 134 valence electrons. The highest BCUT2D eigenvalue weighted by molar-refractivity contribution is 6.33. The number of nitrogens with one attached hydrogen (secondary N) is 1. The summed E-state index contributed by atoms with van der Waals surface area (Å²) in [5.41, 5.74) is 5.79. The maximum absolute atomic E-state index is 9.68. The Kier molecular flexibility index (Phi) is 4.69. The second-order valence-corrected chi connectivity index (χ2v) is 6.93. The summed E-state index contributed by atoms with van der Waals surface area (Å²) < 4.78 is 0. The Hall–Kier alpha value is -3.04. The first-order valence-corrected chi connectivity index (χ1v) is 9.16. The number of benzene rings is 3. The van der Waals surface area contributed by atoms with Gasteiger partial charge in [0.2, 0.25) is 0 Å². The van der Waals surface area contributed by atoms with Gasteiger partial charge in [0.15, 0.2) is 0 Å². The molecular formula is C23H19ClN2O. The second kappa shape index (κ2) is 7.29. The highest BCUT2D eigenvalue weighted by Gasteiger charge is 2.13. The van der Waals surface area contributed by atoms with E-state index in [0.717, 1.165) is 39.0 Å². The predicted octanol–water partition coefficient (Wildman–Crippen LogP) is 6.18. The molecule has 0 radical (unpaired) electrons. The van der Waals surface area contributed by atoms with Gasteiger partial charge in [0, 0.05) is 34.3 Å². The summed E-state index contributed by atoms with van der Waals surface area (Å²) in [6, 6.07) is 23.2. The van der Waals surface area contributed by atoms with Crippen LogP contribution in [0.2, 0.25) is 5.02 Å². The molecule has 0 saturated carbocycles. The molecule has 4 aromatic rings. The van der Waals surface area contributed by atoms with E-state index < -0.39 is 0 Å². The van der Waals surface area contributed by atoms with Crippen LogP contribution in [0.3, 0.4) is 0 Å². The predicted molar refractivity (Wildman–Crippen MR) is 112 cm³/mol. The van der Waals surface area contributed by atoms with Gasteiger partial charge in [0.1, 0.15) is 5.75 Å². The average molecular weight is 375 g/mol. The number of hydrogen-bond donors (Lipinski definition) is 2. The van der Waals surface area contributed by atoms with E-state index in [1.807, 2.05) is 42.5 Å².